The summed E-state index contributed by atoms with van der Waals surface area (Å²) in [5, 5.41) is 11.7. The maximum atomic E-state index is 10.9. The molecular formula is C22H31NO4Si. The number of carbonyl (C=O) groups excluding carboxylic acids is 1. The van der Waals surface area contributed by atoms with E-state index in [9.17, 15) is 9.90 Å². The van der Waals surface area contributed by atoms with Crippen LogP contribution in [0, 0.1) is 0 Å². The first kappa shape index (κ1) is 22.1. The van der Waals surface area contributed by atoms with Gasteiger partial charge in [-0.2, -0.15) is 0 Å². The Morgan fingerprint density at radius 3 is 1.93 bits per heavy atom. The van der Waals surface area contributed by atoms with Gasteiger partial charge < -0.3 is 20.0 Å². The van der Waals surface area contributed by atoms with Gasteiger partial charge >= 0.3 is 6.09 Å². The third-order valence-electron chi connectivity index (χ3n) is 4.89. The summed E-state index contributed by atoms with van der Waals surface area (Å²) in [7, 11) is -2.56. The van der Waals surface area contributed by atoms with E-state index in [-0.39, 0.29) is 11.6 Å². The average molecular weight is 402 g/mol. The van der Waals surface area contributed by atoms with Crippen LogP contribution < -0.4 is 16.1 Å². The van der Waals surface area contributed by atoms with Gasteiger partial charge in [0.2, 0.25) is 0 Å². The molecule has 1 atom stereocenters. The van der Waals surface area contributed by atoms with Crippen molar-refractivity contribution in [3.05, 3.63) is 60.7 Å². The number of nitrogens with two attached hydrogens (primary N) is 1. The van der Waals surface area contributed by atoms with Crippen molar-refractivity contribution in [3.8, 4) is 0 Å². The van der Waals surface area contributed by atoms with Crippen LogP contribution in [0.2, 0.25) is 5.04 Å². The molecule has 0 fully saturated rings. The zero-order valence-electron chi connectivity index (χ0n) is 16.9. The first-order valence-electron chi connectivity index (χ1n) is 9.63. The number of hydrogen-bond acceptors (Lipinski definition) is 4. The van der Waals surface area contributed by atoms with Crippen LogP contribution in [0.4, 0.5) is 4.79 Å². The average Bonchev–Trinajstić information content (AvgIpc) is 2.67. The van der Waals surface area contributed by atoms with Crippen LogP contribution in [0.3, 0.4) is 0 Å². The largest absolute Gasteiger partial charge is 0.444 e. The molecule has 3 N–H and O–H groups in total. The molecule has 0 saturated heterocycles. The molecule has 0 aliphatic heterocycles. The second kappa shape index (κ2) is 9.86. The van der Waals surface area contributed by atoms with Crippen molar-refractivity contribution in [1.82, 2.24) is 0 Å². The second-order valence-electron chi connectivity index (χ2n) is 7.90. The van der Waals surface area contributed by atoms with Crippen LogP contribution in [0.25, 0.3) is 0 Å². The van der Waals surface area contributed by atoms with Crippen LogP contribution in [0.5, 0.6) is 0 Å². The summed E-state index contributed by atoms with van der Waals surface area (Å²) in [5.74, 6) is 0. The summed E-state index contributed by atoms with van der Waals surface area (Å²) < 4.78 is 11.7. The quantitative estimate of drug-likeness (QED) is 0.500. The SMILES string of the molecule is CC(C)(C)[Si](OCCCC(CO)OC(N)=O)(c1ccccc1)c1ccccc1. The zero-order valence-corrected chi connectivity index (χ0v) is 17.9. The Labute approximate surface area is 168 Å². The van der Waals surface area contributed by atoms with E-state index in [1.807, 2.05) is 12.1 Å². The van der Waals surface area contributed by atoms with Gasteiger partial charge in [0.1, 0.15) is 6.10 Å². The molecule has 0 heterocycles. The predicted octanol–water partition coefficient (Wildman–Crippen LogP) is 2.80. The van der Waals surface area contributed by atoms with Gasteiger partial charge in [-0.05, 0) is 28.3 Å². The Morgan fingerprint density at radius 1 is 1.04 bits per heavy atom. The number of primary amides is 1. The van der Waals surface area contributed by atoms with Gasteiger partial charge in [-0.15, -0.1) is 0 Å². The van der Waals surface area contributed by atoms with Gasteiger partial charge in [-0.25, -0.2) is 4.79 Å². The maximum Gasteiger partial charge on any atom is 0.404 e. The molecule has 2 aromatic rings. The summed E-state index contributed by atoms with van der Waals surface area (Å²) >= 11 is 0. The number of amides is 1. The second-order valence-corrected chi connectivity index (χ2v) is 12.2. The molecule has 0 aliphatic carbocycles. The smallest absolute Gasteiger partial charge is 0.404 e. The minimum Gasteiger partial charge on any atom is -0.444 e. The van der Waals surface area contributed by atoms with Crippen LogP contribution >= 0.6 is 0 Å². The predicted molar refractivity (Wildman–Crippen MR) is 114 cm³/mol. The number of rotatable bonds is 9. The first-order chi connectivity index (χ1) is 13.3. The highest BCUT2D eigenvalue weighted by Crippen LogP contribution is 2.36. The van der Waals surface area contributed by atoms with E-state index in [2.05, 4.69) is 69.3 Å². The molecule has 2 aromatic carbocycles. The zero-order chi connectivity index (χ0) is 20.6. The fourth-order valence-electron chi connectivity index (χ4n) is 3.65. The van der Waals surface area contributed by atoms with Gasteiger partial charge in [-0.3, -0.25) is 0 Å². The lowest BCUT2D eigenvalue weighted by molar-refractivity contribution is 0.0547. The Morgan fingerprint density at radius 2 is 1.54 bits per heavy atom. The van der Waals surface area contributed by atoms with Crippen molar-refractivity contribution in [2.75, 3.05) is 13.2 Å². The van der Waals surface area contributed by atoms with E-state index in [1.54, 1.807) is 0 Å². The summed E-state index contributed by atoms with van der Waals surface area (Å²) in [6.45, 7) is 6.94. The Kier molecular flexibility index (Phi) is 7.80. The Bertz CT molecular complexity index is 692. The van der Waals surface area contributed by atoms with Crippen molar-refractivity contribution < 1.29 is 19.1 Å². The van der Waals surface area contributed by atoms with Crippen molar-refractivity contribution >= 4 is 24.8 Å². The lowest BCUT2D eigenvalue weighted by atomic mass is 10.2. The number of aliphatic hydroxyl groups is 1. The van der Waals surface area contributed by atoms with Crippen LogP contribution in [0.15, 0.2) is 60.7 Å². The molecule has 6 heteroatoms. The summed E-state index contributed by atoms with van der Waals surface area (Å²) in [4.78, 5) is 10.9. The number of aliphatic hydroxyl groups excluding tert-OH is 1. The molecule has 5 nitrogen and oxygen atoms in total. The van der Waals surface area contributed by atoms with E-state index < -0.39 is 20.5 Å². The minimum atomic E-state index is -2.56. The van der Waals surface area contributed by atoms with Crippen molar-refractivity contribution in [2.45, 2.75) is 44.8 Å². The molecule has 28 heavy (non-hydrogen) atoms. The molecule has 152 valence electrons. The lowest BCUT2D eigenvalue weighted by Gasteiger charge is -2.43. The molecule has 0 radical (unpaired) electrons. The molecular weight excluding hydrogens is 370 g/mol. The van der Waals surface area contributed by atoms with E-state index >= 15 is 0 Å². The van der Waals surface area contributed by atoms with Crippen molar-refractivity contribution in [2.24, 2.45) is 5.73 Å². The highest BCUT2D eigenvalue weighted by molar-refractivity contribution is 6.99. The maximum absolute atomic E-state index is 10.9. The van der Waals surface area contributed by atoms with E-state index in [0.29, 0.717) is 19.4 Å². The molecule has 1 unspecified atom stereocenters. The number of hydrogen-bond donors (Lipinski definition) is 2. The molecule has 0 aliphatic rings. The summed E-state index contributed by atoms with van der Waals surface area (Å²) in [5.41, 5.74) is 5.05. The third kappa shape index (κ3) is 5.22. The van der Waals surface area contributed by atoms with E-state index in [1.165, 1.54) is 10.4 Å². The topological polar surface area (TPSA) is 81.8 Å². The molecule has 0 aromatic heterocycles. The van der Waals surface area contributed by atoms with E-state index in [4.69, 9.17) is 14.9 Å². The third-order valence-corrected chi connectivity index (χ3v) is 9.93. The van der Waals surface area contributed by atoms with Gasteiger partial charge in [0.15, 0.2) is 0 Å². The molecule has 0 spiro atoms. The molecule has 0 saturated carbocycles. The van der Waals surface area contributed by atoms with Gasteiger partial charge in [0, 0.05) is 6.61 Å². The Hall–Kier alpha value is -2.15. The number of benzene rings is 2. The highest BCUT2D eigenvalue weighted by atomic mass is 28.4. The van der Waals surface area contributed by atoms with Gasteiger partial charge in [-0.1, -0.05) is 81.4 Å². The van der Waals surface area contributed by atoms with Gasteiger partial charge in [0.25, 0.3) is 8.32 Å². The normalized spacial score (nSPS) is 13.1. The molecule has 1 amide bonds. The van der Waals surface area contributed by atoms with Crippen molar-refractivity contribution in [1.29, 1.82) is 0 Å². The number of carbonyl (C=O) groups is 1. The monoisotopic (exact) mass is 401 g/mol. The van der Waals surface area contributed by atoms with Gasteiger partial charge in [0.05, 0.1) is 6.61 Å². The number of ether oxygens (including phenoxy) is 1. The molecule has 2 rings (SSSR count). The fourth-order valence-corrected chi connectivity index (χ4v) is 8.26. The summed E-state index contributed by atoms with van der Waals surface area (Å²) in [6, 6.07) is 20.8. The van der Waals surface area contributed by atoms with Crippen LogP contribution in [0.1, 0.15) is 33.6 Å². The highest BCUT2D eigenvalue weighted by Gasteiger charge is 2.49. The Balaban J connectivity index is 2.28. The standard InChI is InChI=1S/C22H31NO4Si/c1-22(2,3)28(19-12-6-4-7-13-19,20-14-8-5-9-15-20)26-16-10-11-18(17-24)27-21(23)25/h4-9,12-15,18,24H,10-11,16-17H2,1-3H3,(H2,23,25). The molecule has 0 bridgehead atoms. The first-order valence-corrected chi connectivity index (χ1v) is 11.5. The van der Waals surface area contributed by atoms with Crippen LogP contribution in [-0.4, -0.2) is 38.8 Å². The van der Waals surface area contributed by atoms with Crippen LogP contribution in [-0.2, 0) is 9.16 Å². The van der Waals surface area contributed by atoms with Crippen molar-refractivity contribution in [3.63, 3.8) is 0 Å². The fraction of sp³-hybridized carbons (Fsp3) is 0.409. The minimum absolute atomic E-state index is 0.0875. The summed E-state index contributed by atoms with van der Waals surface area (Å²) in [6.07, 6.45) is -0.312. The van der Waals surface area contributed by atoms with E-state index in [0.717, 1.165) is 0 Å². The lowest BCUT2D eigenvalue weighted by Crippen LogP contribution is -2.66.